The number of nitrogens with two attached hydrogens (primary N) is 1. The van der Waals surface area contributed by atoms with Crippen molar-refractivity contribution in [2.75, 3.05) is 4.90 Å². The Labute approximate surface area is 110 Å². The van der Waals surface area contributed by atoms with Crippen LogP contribution in [0.5, 0.6) is 0 Å². The standard InChI is InChI=1S/C13H16N2O4/c1-8(16)15(9(2)17)11-5-3-10(4-6-11)7-12(14)13(18)19/h3-6,12H,7,14H2,1-2H3,(H,18,19)/t12-/m0/s1. The van der Waals surface area contributed by atoms with Gasteiger partial charge in [-0.15, -0.1) is 0 Å². The van der Waals surface area contributed by atoms with Gasteiger partial charge in [0.2, 0.25) is 11.8 Å². The molecule has 6 nitrogen and oxygen atoms in total. The molecule has 0 saturated heterocycles. The first-order valence-corrected chi connectivity index (χ1v) is 5.71. The average Bonchev–Trinajstić information content (AvgIpc) is 2.30. The van der Waals surface area contributed by atoms with E-state index in [9.17, 15) is 14.4 Å². The van der Waals surface area contributed by atoms with Crippen molar-refractivity contribution in [1.29, 1.82) is 0 Å². The van der Waals surface area contributed by atoms with E-state index >= 15 is 0 Å². The number of aliphatic carboxylic acids is 1. The maximum atomic E-state index is 11.3. The van der Waals surface area contributed by atoms with Crippen LogP contribution in [-0.4, -0.2) is 28.9 Å². The number of carbonyl (C=O) groups excluding carboxylic acids is 2. The summed E-state index contributed by atoms with van der Waals surface area (Å²) in [5.41, 5.74) is 6.60. The zero-order chi connectivity index (χ0) is 14.6. The molecule has 1 aromatic rings. The minimum absolute atomic E-state index is 0.190. The fourth-order valence-electron chi connectivity index (χ4n) is 1.71. The van der Waals surface area contributed by atoms with Crippen LogP contribution in [0.15, 0.2) is 24.3 Å². The van der Waals surface area contributed by atoms with Crippen molar-refractivity contribution in [3.8, 4) is 0 Å². The number of hydrogen-bond donors (Lipinski definition) is 2. The molecule has 0 heterocycles. The number of rotatable bonds is 4. The minimum atomic E-state index is -1.07. The second-order valence-corrected chi connectivity index (χ2v) is 4.19. The summed E-state index contributed by atoms with van der Waals surface area (Å²) in [5.74, 6) is -1.82. The summed E-state index contributed by atoms with van der Waals surface area (Å²) in [5, 5.41) is 8.71. The van der Waals surface area contributed by atoms with Crippen LogP contribution in [0.25, 0.3) is 0 Å². The Morgan fingerprint density at radius 2 is 1.63 bits per heavy atom. The van der Waals surface area contributed by atoms with E-state index in [1.165, 1.54) is 13.8 Å². The Bertz CT molecular complexity index is 482. The molecule has 0 fully saturated rings. The van der Waals surface area contributed by atoms with Gasteiger partial charge in [0.25, 0.3) is 0 Å². The van der Waals surface area contributed by atoms with Gasteiger partial charge in [0.1, 0.15) is 6.04 Å². The van der Waals surface area contributed by atoms with E-state index in [0.29, 0.717) is 5.69 Å². The van der Waals surface area contributed by atoms with Crippen molar-refractivity contribution in [2.45, 2.75) is 26.3 Å². The third-order valence-corrected chi connectivity index (χ3v) is 2.60. The molecular weight excluding hydrogens is 248 g/mol. The van der Waals surface area contributed by atoms with Crippen LogP contribution in [0.2, 0.25) is 0 Å². The van der Waals surface area contributed by atoms with E-state index in [2.05, 4.69) is 0 Å². The number of carboxylic acid groups (broad SMARTS) is 1. The van der Waals surface area contributed by atoms with Gasteiger partial charge < -0.3 is 10.8 Å². The molecule has 0 unspecified atom stereocenters. The molecule has 0 aliphatic carbocycles. The molecule has 102 valence electrons. The lowest BCUT2D eigenvalue weighted by Gasteiger charge is -2.17. The number of benzene rings is 1. The first-order valence-electron chi connectivity index (χ1n) is 5.71. The second-order valence-electron chi connectivity index (χ2n) is 4.19. The Morgan fingerprint density at radius 3 is 2.00 bits per heavy atom. The third kappa shape index (κ3) is 3.89. The molecule has 0 aromatic heterocycles. The Morgan fingerprint density at radius 1 is 1.16 bits per heavy atom. The first-order chi connectivity index (χ1) is 8.82. The highest BCUT2D eigenvalue weighted by Gasteiger charge is 2.16. The topological polar surface area (TPSA) is 101 Å². The van der Waals surface area contributed by atoms with Crippen molar-refractivity contribution in [3.63, 3.8) is 0 Å². The van der Waals surface area contributed by atoms with Crippen molar-refractivity contribution >= 4 is 23.5 Å². The molecule has 3 N–H and O–H groups in total. The van der Waals surface area contributed by atoms with E-state index in [1.807, 2.05) is 0 Å². The van der Waals surface area contributed by atoms with Crippen LogP contribution in [0, 0.1) is 0 Å². The summed E-state index contributed by atoms with van der Waals surface area (Å²) in [7, 11) is 0. The zero-order valence-corrected chi connectivity index (χ0v) is 10.8. The molecule has 0 aliphatic rings. The van der Waals surface area contributed by atoms with Gasteiger partial charge in [-0.1, -0.05) is 12.1 Å². The number of amides is 2. The molecular formula is C13H16N2O4. The summed E-state index contributed by atoms with van der Waals surface area (Å²) in [4.78, 5) is 34.4. The molecule has 2 amide bonds. The van der Waals surface area contributed by atoms with E-state index < -0.39 is 12.0 Å². The van der Waals surface area contributed by atoms with E-state index in [-0.39, 0.29) is 18.2 Å². The van der Waals surface area contributed by atoms with Gasteiger partial charge in [-0.2, -0.15) is 0 Å². The van der Waals surface area contributed by atoms with Gasteiger partial charge in [-0.3, -0.25) is 19.3 Å². The van der Waals surface area contributed by atoms with Crippen molar-refractivity contribution < 1.29 is 19.5 Å². The largest absolute Gasteiger partial charge is 0.480 e. The molecule has 1 atom stereocenters. The quantitative estimate of drug-likeness (QED) is 0.826. The maximum Gasteiger partial charge on any atom is 0.320 e. The highest BCUT2D eigenvalue weighted by atomic mass is 16.4. The van der Waals surface area contributed by atoms with Crippen LogP contribution in [0.1, 0.15) is 19.4 Å². The summed E-state index contributed by atoms with van der Waals surface area (Å²) in [6.07, 6.45) is 0.190. The fourth-order valence-corrected chi connectivity index (χ4v) is 1.71. The van der Waals surface area contributed by atoms with Gasteiger partial charge in [0.05, 0.1) is 5.69 Å². The number of carbonyl (C=O) groups is 3. The van der Waals surface area contributed by atoms with Gasteiger partial charge in [-0.05, 0) is 24.1 Å². The number of nitrogens with zero attached hydrogens (tertiary/aromatic N) is 1. The van der Waals surface area contributed by atoms with Gasteiger partial charge in [0.15, 0.2) is 0 Å². The second kappa shape index (κ2) is 6.10. The van der Waals surface area contributed by atoms with Crippen LogP contribution in [0.3, 0.4) is 0 Å². The lowest BCUT2D eigenvalue weighted by molar-refractivity contribution is -0.138. The Kier molecular flexibility index (Phi) is 4.77. The van der Waals surface area contributed by atoms with Crippen LogP contribution in [-0.2, 0) is 20.8 Å². The summed E-state index contributed by atoms with van der Waals surface area (Å²) in [6.45, 7) is 2.60. The van der Waals surface area contributed by atoms with E-state index in [4.69, 9.17) is 10.8 Å². The Hall–Kier alpha value is -2.21. The molecule has 0 radical (unpaired) electrons. The number of hydrogen-bond acceptors (Lipinski definition) is 4. The molecule has 0 spiro atoms. The minimum Gasteiger partial charge on any atom is -0.480 e. The maximum absolute atomic E-state index is 11.3. The Balaban J connectivity index is 2.89. The molecule has 19 heavy (non-hydrogen) atoms. The normalized spacial score (nSPS) is 11.7. The predicted octanol–water partition coefficient (Wildman–Crippen LogP) is 0.540. The van der Waals surface area contributed by atoms with Crippen LogP contribution >= 0.6 is 0 Å². The fraction of sp³-hybridized carbons (Fsp3) is 0.308. The molecule has 0 aliphatic heterocycles. The average molecular weight is 264 g/mol. The smallest absolute Gasteiger partial charge is 0.320 e. The lowest BCUT2D eigenvalue weighted by Crippen LogP contribution is -2.33. The zero-order valence-electron chi connectivity index (χ0n) is 10.8. The van der Waals surface area contributed by atoms with Crippen molar-refractivity contribution in [2.24, 2.45) is 5.73 Å². The van der Waals surface area contributed by atoms with Crippen molar-refractivity contribution in [1.82, 2.24) is 0 Å². The van der Waals surface area contributed by atoms with Crippen LogP contribution in [0.4, 0.5) is 5.69 Å². The predicted molar refractivity (Wildman–Crippen MR) is 69.6 cm³/mol. The highest BCUT2D eigenvalue weighted by molar-refractivity contribution is 6.13. The SMILES string of the molecule is CC(=O)N(C(C)=O)c1ccc(C[C@H](N)C(=O)O)cc1. The highest BCUT2D eigenvalue weighted by Crippen LogP contribution is 2.16. The van der Waals surface area contributed by atoms with Gasteiger partial charge >= 0.3 is 5.97 Å². The third-order valence-electron chi connectivity index (χ3n) is 2.60. The number of imide groups is 1. The lowest BCUT2D eigenvalue weighted by atomic mass is 10.1. The molecule has 0 saturated carbocycles. The van der Waals surface area contributed by atoms with Gasteiger partial charge in [0, 0.05) is 13.8 Å². The monoisotopic (exact) mass is 264 g/mol. The summed E-state index contributed by atoms with van der Waals surface area (Å²) in [6, 6.07) is 5.51. The number of anilines is 1. The summed E-state index contributed by atoms with van der Waals surface area (Å²) >= 11 is 0. The van der Waals surface area contributed by atoms with E-state index in [1.54, 1.807) is 24.3 Å². The first kappa shape index (κ1) is 14.8. The van der Waals surface area contributed by atoms with Crippen molar-refractivity contribution in [3.05, 3.63) is 29.8 Å². The molecule has 1 rings (SSSR count). The molecule has 1 aromatic carbocycles. The van der Waals surface area contributed by atoms with Crippen LogP contribution < -0.4 is 10.6 Å². The molecule has 0 bridgehead atoms. The number of carboxylic acids is 1. The molecule has 6 heteroatoms. The van der Waals surface area contributed by atoms with Gasteiger partial charge in [-0.25, -0.2) is 0 Å². The summed E-state index contributed by atoms with van der Waals surface area (Å²) < 4.78 is 0. The van der Waals surface area contributed by atoms with E-state index in [0.717, 1.165) is 10.5 Å².